The first kappa shape index (κ1) is 25.9. The average molecular weight is 455 g/mol. The Hall–Kier alpha value is -1.71. The molecule has 1 aliphatic rings. The van der Waals surface area contributed by atoms with E-state index < -0.39 is 0 Å². The summed E-state index contributed by atoms with van der Waals surface area (Å²) in [5.41, 5.74) is 3.96. The second-order valence-corrected chi connectivity index (χ2v) is 9.67. The van der Waals surface area contributed by atoms with Crippen LogP contribution in [-0.4, -0.2) is 19.5 Å². The topological polar surface area (TPSA) is 18.5 Å². The van der Waals surface area contributed by atoms with E-state index in [1.807, 2.05) is 18.2 Å². The van der Waals surface area contributed by atoms with Crippen LogP contribution >= 0.6 is 0 Å². The van der Waals surface area contributed by atoms with Crippen molar-refractivity contribution < 1.29 is 13.9 Å². The predicted molar refractivity (Wildman–Crippen MR) is 136 cm³/mol. The first-order valence-electron chi connectivity index (χ1n) is 13.3. The largest absolute Gasteiger partial charge is 0.352 e. The highest BCUT2D eigenvalue weighted by Crippen LogP contribution is 2.26. The minimum Gasteiger partial charge on any atom is -0.352 e. The van der Waals surface area contributed by atoms with E-state index in [4.69, 9.17) is 9.47 Å². The van der Waals surface area contributed by atoms with Crippen LogP contribution in [-0.2, 0) is 22.3 Å². The van der Waals surface area contributed by atoms with Gasteiger partial charge in [0.25, 0.3) is 0 Å². The van der Waals surface area contributed by atoms with Crippen LogP contribution < -0.4 is 0 Å². The van der Waals surface area contributed by atoms with Gasteiger partial charge < -0.3 is 9.47 Å². The fourth-order valence-corrected chi connectivity index (χ4v) is 4.62. The molecule has 0 aliphatic carbocycles. The van der Waals surface area contributed by atoms with E-state index in [0.717, 1.165) is 50.0 Å². The van der Waals surface area contributed by atoms with Gasteiger partial charge in [-0.05, 0) is 48.4 Å². The van der Waals surface area contributed by atoms with Crippen LogP contribution in [0.3, 0.4) is 0 Å². The highest BCUT2D eigenvalue weighted by molar-refractivity contribution is 5.64. The molecule has 0 radical (unpaired) electrons. The van der Waals surface area contributed by atoms with Gasteiger partial charge in [0.2, 0.25) is 0 Å². The van der Waals surface area contributed by atoms with E-state index >= 15 is 0 Å². The Morgan fingerprint density at radius 3 is 2.09 bits per heavy atom. The third-order valence-corrected chi connectivity index (χ3v) is 6.79. The van der Waals surface area contributed by atoms with Crippen molar-refractivity contribution in [2.75, 3.05) is 13.2 Å². The third-order valence-electron chi connectivity index (χ3n) is 6.79. The normalized spacial score (nSPS) is 18.5. The van der Waals surface area contributed by atoms with Gasteiger partial charge in [-0.25, -0.2) is 4.39 Å². The summed E-state index contributed by atoms with van der Waals surface area (Å²) in [5, 5.41) is 0. The molecule has 0 bridgehead atoms. The molecular weight excluding hydrogens is 411 g/mol. The maximum atomic E-state index is 14.8. The van der Waals surface area contributed by atoms with Gasteiger partial charge in [-0.2, -0.15) is 0 Å². The van der Waals surface area contributed by atoms with E-state index in [1.54, 1.807) is 6.07 Å². The molecule has 3 rings (SSSR count). The highest BCUT2D eigenvalue weighted by atomic mass is 19.1. The van der Waals surface area contributed by atoms with E-state index in [9.17, 15) is 4.39 Å². The monoisotopic (exact) mass is 454 g/mol. The number of benzene rings is 2. The van der Waals surface area contributed by atoms with Crippen LogP contribution in [0.25, 0.3) is 11.1 Å². The van der Waals surface area contributed by atoms with Crippen molar-refractivity contribution >= 4 is 0 Å². The van der Waals surface area contributed by atoms with Crippen molar-refractivity contribution in [3.63, 3.8) is 0 Å². The van der Waals surface area contributed by atoms with Crippen LogP contribution in [0.1, 0.15) is 89.2 Å². The molecule has 2 nitrogen and oxygen atoms in total. The number of ether oxygens (including phenoxy) is 2. The SMILES string of the molecule is CCCCCCCc1ccc(-c2ccc(CCC3OCC(CCCCC)CO3)cc2)c(F)c1. The van der Waals surface area contributed by atoms with Crippen LogP contribution in [0.15, 0.2) is 42.5 Å². The molecule has 0 aromatic heterocycles. The number of hydrogen-bond donors (Lipinski definition) is 0. The van der Waals surface area contributed by atoms with E-state index in [0.29, 0.717) is 11.5 Å². The van der Waals surface area contributed by atoms with Crippen LogP contribution in [0, 0.1) is 11.7 Å². The Kier molecular flexibility index (Phi) is 11.4. The van der Waals surface area contributed by atoms with Crippen molar-refractivity contribution in [1.82, 2.24) is 0 Å². The van der Waals surface area contributed by atoms with Gasteiger partial charge in [0, 0.05) is 17.9 Å². The third kappa shape index (κ3) is 8.87. The Morgan fingerprint density at radius 1 is 0.727 bits per heavy atom. The summed E-state index contributed by atoms with van der Waals surface area (Å²) < 4.78 is 26.6. The van der Waals surface area contributed by atoms with Crippen molar-refractivity contribution in [2.24, 2.45) is 5.92 Å². The van der Waals surface area contributed by atoms with E-state index in [-0.39, 0.29) is 12.1 Å². The minimum atomic E-state index is -0.119. The summed E-state index contributed by atoms with van der Waals surface area (Å²) in [4.78, 5) is 0. The van der Waals surface area contributed by atoms with Gasteiger partial charge in [-0.15, -0.1) is 0 Å². The summed E-state index contributed by atoms with van der Waals surface area (Å²) in [5.74, 6) is 0.431. The lowest BCUT2D eigenvalue weighted by Crippen LogP contribution is -2.32. The lowest BCUT2D eigenvalue weighted by Gasteiger charge is -2.29. The standard InChI is InChI=1S/C30H43FO2/c1-3-5-7-8-10-11-25-15-19-28(29(31)21-25)27-17-13-24(14-18-27)16-20-30-32-22-26(23-33-30)12-9-6-4-2/h13-15,17-19,21,26,30H,3-12,16,20,22-23H2,1-2H3. The first-order chi connectivity index (χ1) is 16.2. The molecule has 1 aliphatic heterocycles. The zero-order valence-corrected chi connectivity index (χ0v) is 20.8. The molecule has 1 heterocycles. The molecule has 33 heavy (non-hydrogen) atoms. The molecule has 182 valence electrons. The van der Waals surface area contributed by atoms with E-state index in [1.165, 1.54) is 56.9 Å². The summed E-state index contributed by atoms with van der Waals surface area (Å²) >= 11 is 0. The van der Waals surface area contributed by atoms with Gasteiger partial charge in [0.05, 0.1) is 13.2 Å². The lowest BCUT2D eigenvalue weighted by atomic mass is 9.98. The predicted octanol–water partition coefficient (Wildman–Crippen LogP) is 8.51. The van der Waals surface area contributed by atoms with E-state index in [2.05, 4.69) is 32.0 Å². The molecule has 0 N–H and O–H groups in total. The molecule has 2 aromatic carbocycles. The lowest BCUT2D eigenvalue weighted by molar-refractivity contribution is -0.203. The van der Waals surface area contributed by atoms with Crippen molar-refractivity contribution in [1.29, 1.82) is 0 Å². The van der Waals surface area contributed by atoms with Crippen LogP contribution in [0.4, 0.5) is 4.39 Å². The number of aryl methyl sites for hydroxylation is 2. The Morgan fingerprint density at radius 2 is 1.39 bits per heavy atom. The van der Waals surface area contributed by atoms with Gasteiger partial charge in [-0.1, -0.05) is 95.2 Å². The number of halogens is 1. The smallest absolute Gasteiger partial charge is 0.157 e. The first-order valence-corrected chi connectivity index (χ1v) is 13.3. The summed E-state index contributed by atoms with van der Waals surface area (Å²) in [6.07, 6.45) is 13.9. The number of rotatable bonds is 14. The van der Waals surface area contributed by atoms with Crippen molar-refractivity contribution in [2.45, 2.75) is 97.2 Å². The molecule has 2 aromatic rings. The van der Waals surface area contributed by atoms with Crippen LogP contribution in [0.5, 0.6) is 0 Å². The molecular formula is C30H43FO2. The maximum Gasteiger partial charge on any atom is 0.157 e. The molecule has 1 saturated heterocycles. The number of unbranched alkanes of at least 4 members (excludes halogenated alkanes) is 6. The zero-order valence-electron chi connectivity index (χ0n) is 20.8. The maximum absolute atomic E-state index is 14.8. The second kappa shape index (κ2) is 14.5. The van der Waals surface area contributed by atoms with Gasteiger partial charge in [0.15, 0.2) is 6.29 Å². The molecule has 0 unspecified atom stereocenters. The molecule has 0 amide bonds. The zero-order chi connectivity index (χ0) is 23.3. The molecule has 0 atom stereocenters. The van der Waals surface area contributed by atoms with Crippen LogP contribution in [0.2, 0.25) is 0 Å². The fraction of sp³-hybridized carbons (Fsp3) is 0.600. The van der Waals surface area contributed by atoms with Gasteiger partial charge in [-0.3, -0.25) is 0 Å². The van der Waals surface area contributed by atoms with Gasteiger partial charge >= 0.3 is 0 Å². The molecule has 3 heteroatoms. The highest BCUT2D eigenvalue weighted by Gasteiger charge is 2.21. The van der Waals surface area contributed by atoms with Crippen molar-refractivity contribution in [3.05, 3.63) is 59.4 Å². The molecule has 0 saturated carbocycles. The van der Waals surface area contributed by atoms with Crippen molar-refractivity contribution in [3.8, 4) is 11.1 Å². The minimum absolute atomic E-state index is 0.0981. The molecule has 1 fully saturated rings. The van der Waals surface area contributed by atoms with Gasteiger partial charge in [0.1, 0.15) is 5.82 Å². The number of hydrogen-bond acceptors (Lipinski definition) is 2. The summed E-state index contributed by atoms with van der Waals surface area (Å²) in [7, 11) is 0. The Labute approximate surface area is 200 Å². The average Bonchev–Trinajstić information content (AvgIpc) is 2.84. The molecule has 0 spiro atoms. The summed E-state index contributed by atoms with van der Waals surface area (Å²) in [6.45, 7) is 6.10. The Bertz CT molecular complexity index is 793. The fourth-order valence-electron chi connectivity index (χ4n) is 4.62. The Balaban J connectivity index is 1.42. The summed E-state index contributed by atoms with van der Waals surface area (Å²) in [6, 6.07) is 14.0. The second-order valence-electron chi connectivity index (χ2n) is 9.67. The quantitative estimate of drug-likeness (QED) is 0.266.